The predicted octanol–water partition coefficient (Wildman–Crippen LogP) is 4.75. The van der Waals surface area contributed by atoms with Crippen molar-refractivity contribution < 1.29 is 19.1 Å². The summed E-state index contributed by atoms with van der Waals surface area (Å²) in [6, 6.07) is 17.6. The van der Waals surface area contributed by atoms with Crippen molar-refractivity contribution in [2.75, 3.05) is 38.4 Å². The van der Waals surface area contributed by atoms with Crippen LogP contribution in [0, 0.1) is 0 Å². The first-order chi connectivity index (χ1) is 18.0. The molecule has 2 amide bonds. The predicted molar refractivity (Wildman–Crippen MR) is 145 cm³/mol. The maximum Gasteiger partial charge on any atom is 0.255 e. The first-order valence-corrected chi connectivity index (χ1v) is 11.9. The van der Waals surface area contributed by atoms with E-state index >= 15 is 0 Å². The summed E-state index contributed by atoms with van der Waals surface area (Å²) in [6.45, 7) is 2.60. The van der Waals surface area contributed by atoms with Crippen LogP contribution in [0.1, 0.15) is 34.1 Å². The zero-order chi connectivity index (χ0) is 26.4. The Labute approximate surface area is 215 Å². The molecule has 3 N–H and O–H groups in total. The quantitative estimate of drug-likeness (QED) is 0.305. The van der Waals surface area contributed by atoms with Gasteiger partial charge in [-0.15, -0.1) is 0 Å². The largest absolute Gasteiger partial charge is 0.493 e. The highest BCUT2D eigenvalue weighted by atomic mass is 16.5. The lowest BCUT2D eigenvalue weighted by Gasteiger charge is -2.13. The number of rotatable bonds is 9. The van der Waals surface area contributed by atoms with Crippen LogP contribution in [0.2, 0.25) is 0 Å². The van der Waals surface area contributed by atoms with Crippen LogP contribution < -0.4 is 25.4 Å². The lowest BCUT2D eigenvalue weighted by molar-refractivity contribution is 0.0951. The van der Waals surface area contributed by atoms with Crippen molar-refractivity contribution in [3.05, 3.63) is 71.8 Å². The third kappa shape index (κ3) is 5.61. The molecule has 37 heavy (non-hydrogen) atoms. The van der Waals surface area contributed by atoms with Crippen LogP contribution in [0.3, 0.4) is 0 Å². The van der Waals surface area contributed by atoms with Gasteiger partial charge in [0.25, 0.3) is 11.8 Å². The molecule has 190 valence electrons. The number of nitrogens with zero attached hydrogens (tertiary/aromatic N) is 2. The van der Waals surface area contributed by atoms with Crippen molar-refractivity contribution in [3.8, 4) is 22.8 Å². The first-order valence-electron chi connectivity index (χ1n) is 11.9. The summed E-state index contributed by atoms with van der Waals surface area (Å²) in [6.07, 6.45) is 0.855. The van der Waals surface area contributed by atoms with E-state index < -0.39 is 0 Å². The fourth-order valence-electron chi connectivity index (χ4n) is 3.85. The van der Waals surface area contributed by atoms with E-state index in [-0.39, 0.29) is 11.8 Å². The van der Waals surface area contributed by atoms with Crippen molar-refractivity contribution >= 4 is 34.4 Å². The Kier molecular flexibility index (Phi) is 7.83. The van der Waals surface area contributed by atoms with Crippen LogP contribution in [0.4, 0.5) is 11.6 Å². The van der Waals surface area contributed by atoms with Gasteiger partial charge in [0.05, 0.1) is 25.4 Å². The Bertz CT molecular complexity index is 1440. The number of hydrogen-bond acceptors (Lipinski definition) is 7. The van der Waals surface area contributed by atoms with Crippen LogP contribution in [-0.4, -0.2) is 49.6 Å². The minimum Gasteiger partial charge on any atom is -0.493 e. The Morgan fingerprint density at radius 1 is 0.865 bits per heavy atom. The molecule has 0 bridgehead atoms. The van der Waals surface area contributed by atoms with Gasteiger partial charge in [0.1, 0.15) is 0 Å². The number of carbonyl (C=O) groups is 2. The molecule has 0 spiro atoms. The minimum absolute atomic E-state index is 0.159. The number of hydrogen-bond donors (Lipinski definition) is 3. The van der Waals surface area contributed by atoms with E-state index in [0.29, 0.717) is 52.0 Å². The second-order valence-corrected chi connectivity index (χ2v) is 8.24. The van der Waals surface area contributed by atoms with Gasteiger partial charge >= 0.3 is 0 Å². The minimum atomic E-state index is -0.285. The van der Waals surface area contributed by atoms with Crippen LogP contribution >= 0.6 is 0 Å². The van der Waals surface area contributed by atoms with Crippen molar-refractivity contribution in [1.82, 2.24) is 15.3 Å². The fourth-order valence-corrected chi connectivity index (χ4v) is 3.85. The van der Waals surface area contributed by atoms with E-state index in [9.17, 15) is 9.59 Å². The van der Waals surface area contributed by atoms with E-state index in [1.54, 1.807) is 57.7 Å². The number of methoxy groups -OCH3 is 2. The average molecular weight is 500 g/mol. The van der Waals surface area contributed by atoms with Gasteiger partial charge in [0.15, 0.2) is 11.5 Å². The van der Waals surface area contributed by atoms with Crippen LogP contribution in [0.15, 0.2) is 60.7 Å². The van der Waals surface area contributed by atoms with Crippen LogP contribution in [0.25, 0.3) is 22.2 Å². The normalized spacial score (nSPS) is 10.6. The molecule has 0 aliphatic heterocycles. The molecule has 4 rings (SSSR count). The smallest absolute Gasteiger partial charge is 0.255 e. The Hall–Kier alpha value is -4.66. The molecule has 3 aromatic carbocycles. The Morgan fingerprint density at radius 2 is 1.54 bits per heavy atom. The molecule has 0 aliphatic carbocycles. The summed E-state index contributed by atoms with van der Waals surface area (Å²) in [4.78, 5) is 34.3. The molecule has 0 fully saturated rings. The molecule has 0 radical (unpaired) electrons. The standard InChI is InChI=1S/C28H29N5O4/c1-5-13-30-26(34)17-9-11-18(12-10-17)27(35)31-20-8-6-7-19(14-20)25-21-15-23(36-3)24(37-4)16-22(21)32-28(29-2)33-25/h6-12,14-16H,5,13H2,1-4H3,(H,30,34)(H,31,35)(H,29,32,33). The van der Waals surface area contributed by atoms with E-state index in [2.05, 4.69) is 25.9 Å². The number of amides is 2. The molecular weight excluding hydrogens is 470 g/mol. The van der Waals surface area contributed by atoms with Gasteiger partial charge in [0.2, 0.25) is 5.95 Å². The molecule has 0 saturated heterocycles. The summed E-state index contributed by atoms with van der Waals surface area (Å²) in [5.41, 5.74) is 3.70. The summed E-state index contributed by atoms with van der Waals surface area (Å²) in [5, 5.41) is 9.52. The van der Waals surface area contributed by atoms with Gasteiger partial charge in [-0.2, -0.15) is 0 Å². The topological polar surface area (TPSA) is 114 Å². The molecule has 9 nitrogen and oxygen atoms in total. The molecule has 0 atom stereocenters. The summed E-state index contributed by atoms with van der Waals surface area (Å²) < 4.78 is 10.9. The van der Waals surface area contributed by atoms with E-state index in [4.69, 9.17) is 9.47 Å². The van der Waals surface area contributed by atoms with Crippen LogP contribution in [0.5, 0.6) is 11.5 Å². The number of benzene rings is 3. The van der Waals surface area contributed by atoms with Gasteiger partial charge in [-0.1, -0.05) is 19.1 Å². The zero-order valence-corrected chi connectivity index (χ0v) is 21.2. The average Bonchev–Trinajstić information content (AvgIpc) is 2.94. The molecular formula is C28H29N5O4. The van der Waals surface area contributed by atoms with Crippen molar-refractivity contribution in [2.45, 2.75) is 13.3 Å². The van der Waals surface area contributed by atoms with Crippen molar-refractivity contribution in [1.29, 1.82) is 0 Å². The Morgan fingerprint density at radius 3 is 2.19 bits per heavy atom. The fraction of sp³-hybridized carbons (Fsp3) is 0.214. The molecule has 0 unspecified atom stereocenters. The van der Waals surface area contributed by atoms with Gasteiger partial charge in [0, 0.05) is 47.4 Å². The SMILES string of the molecule is CCCNC(=O)c1ccc(C(=O)Nc2cccc(-c3nc(NC)nc4cc(OC)c(OC)cc34)c2)cc1. The van der Waals surface area contributed by atoms with Gasteiger partial charge < -0.3 is 25.4 Å². The van der Waals surface area contributed by atoms with Gasteiger partial charge in [-0.05, 0) is 48.9 Å². The molecule has 1 heterocycles. The van der Waals surface area contributed by atoms with E-state index in [1.165, 1.54) is 0 Å². The molecule has 0 aliphatic rings. The van der Waals surface area contributed by atoms with Gasteiger partial charge in [-0.25, -0.2) is 9.97 Å². The maximum absolute atomic E-state index is 12.9. The molecule has 0 saturated carbocycles. The lowest BCUT2D eigenvalue weighted by atomic mass is 10.0. The molecule has 4 aromatic rings. The molecule has 9 heteroatoms. The summed E-state index contributed by atoms with van der Waals surface area (Å²) >= 11 is 0. The van der Waals surface area contributed by atoms with Crippen LogP contribution in [-0.2, 0) is 0 Å². The van der Waals surface area contributed by atoms with Gasteiger partial charge in [-0.3, -0.25) is 9.59 Å². The van der Waals surface area contributed by atoms with E-state index in [0.717, 1.165) is 17.4 Å². The highest BCUT2D eigenvalue weighted by Crippen LogP contribution is 2.36. The monoisotopic (exact) mass is 499 g/mol. The summed E-state index contributed by atoms with van der Waals surface area (Å²) in [5.74, 6) is 1.14. The zero-order valence-electron chi connectivity index (χ0n) is 21.2. The molecule has 1 aromatic heterocycles. The van der Waals surface area contributed by atoms with E-state index in [1.807, 2.05) is 31.2 Å². The number of ether oxygens (including phenoxy) is 2. The highest BCUT2D eigenvalue weighted by Gasteiger charge is 2.15. The number of fused-ring (bicyclic) bond motifs is 1. The second kappa shape index (κ2) is 11.4. The Balaban J connectivity index is 1.63. The van der Waals surface area contributed by atoms with Crippen molar-refractivity contribution in [2.24, 2.45) is 0 Å². The number of nitrogens with one attached hydrogen (secondary N) is 3. The highest BCUT2D eigenvalue weighted by molar-refractivity contribution is 6.05. The first kappa shape index (κ1) is 25.4. The number of anilines is 2. The number of aromatic nitrogens is 2. The second-order valence-electron chi connectivity index (χ2n) is 8.24. The lowest BCUT2D eigenvalue weighted by Crippen LogP contribution is -2.24. The third-order valence-corrected chi connectivity index (χ3v) is 5.76. The third-order valence-electron chi connectivity index (χ3n) is 5.76. The van der Waals surface area contributed by atoms with Crippen molar-refractivity contribution in [3.63, 3.8) is 0 Å². The summed E-state index contributed by atoms with van der Waals surface area (Å²) in [7, 11) is 4.90. The maximum atomic E-state index is 12.9. The number of carbonyl (C=O) groups excluding carboxylic acids is 2.